The summed E-state index contributed by atoms with van der Waals surface area (Å²) in [5.74, 6) is 1.71. The molecule has 0 amide bonds. The lowest BCUT2D eigenvalue weighted by Gasteiger charge is -2.21. The van der Waals surface area contributed by atoms with E-state index in [1.807, 2.05) is 0 Å². The van der Waals surface area contributed by atoms with Gasteiger partial charge < -0.3 is 9.13 Å². The molecule has 4 heterocycles. The third-order valence-corrected chi connectivity index (χ3v) is 18.9. The smallest absolute Gasteiger partial charge is 0.238 e. The van der Waals surface area contributed by atoms with Crippen LogP contribution in [0.2, 0.25) is 0 Å². The lowest BCUT2D eigenvalue weighted by Crippen LogP contribution is -2.15. The number of para-hydroxylation sites is 4. The second kappa shape index (κ2) is 20.2. The van der Waals surface area contributed by atoms with E-state index in [-0.39, 0.29) is 5.41 Å². The van der Waals surface area contributed by atoms with Crippen molar-refractivity contribution in [2.24, 2.45) is 0 Å². The summed E-state index contributed by atoms with van der Waals surface area (Å²) in [6, 6.07) is 110. The van der Waals surface area contributed by atoms with Crippen LogP contribution >= 0.6 is 0 Å². The zero-order chi connectivity index (χ0) is 59.6. The molecule has 0 fully saturated rings. The van der Waals surface area contributed by atoms with Crippen molar-refractivity contribution in [3.05, 3.63) is 314 Å². The molecule has 0 atom stereocenters. The van der Waals surface area contributed by atoms with Crippen molar-refractivity contribution in [2.75, 3.05) is 0 Å². The minimum absolute atomic E-state index is 0.218. The molecule has 17 aromatic rings. The van der Waals surface area contributed by atoms with Crippen LogP contribution in [-0.4, -0.2) is 28.7 Å². The monoisotopic (exact) mass is 1150 g/mol. The number of hydrogen-bond donors (Lipinski definition) is 0. The van der Waals surface area contributed by atoms with Crippen molar-refractivity contribution >= 4 is 65.4 Å². The van der Waals surface area contributed by atoms with Crippen LogP contribution in [0, 0.1) is 0 Å². The van der Waals surface area contributed by atoms with Gasteiger partial charge in [-0.15, -0.1) is 0 Å². The first kappa shape index (κ1) is 51.5. The molecule has 6 heteroatoms. The maximum absolute atomic E-state index is 5.59. The molecule has 0 spiro atoms. The van der Waals surface area contributed by atoms with E-state index >= 15 is 0 Å². The van der Waals surface area contributed by atoms with E-state index in [4.69, 9.17) is 15.0 Å². The molecular weight excluding hydrogens is 1090 g/mol. The predicted molar refractivity (Wildman–Crippen MR) is 373 cm³/mol. The molecule has 4 aromatic heterocycles. The third-order valence-electron chi connectivity index (χ3n) is 18.9. The Morgan fingerprint density at radius 3 is 1.24 bits per heavy atom. The van der Waals surface area contributed by atoms with E-state index in [1.54, 1.807) is 0 Å². The second-order valence-corrected chi connectivity index (χ2v) is 24.4. The summed E-state index contributed by atoms with van der Waals surface area (Å²) < 4.78 is 7.03. The molecule has 422 valence electrons. The molecule has 13 aromatic carbocycles. The fourth-order valence-electron chi connectivity index (χ4n) is 14.6. The van der Waals surface area contributed by atoms with Gasteiger partial charge in [0.1, 0.15) is 0 Å². The van der Waals surface area contributed by atoms with Gasteiger partial charge >= 0.3 is 0 Å². The van der Waals surface area contributed by atoms with E-state index in [9.17, 15) is 0 Å². The third kappa shape index (κ3) is 8.15. The molecule has 0 bridgehead atoms. The van der Waals surface area contributed by atoms with Gasteiger partial charge in [-0.1, -0.05) is 214 Å². The van der Waals surface area contributed by atoms with Crippen LogP contribution in [0.1, 0.15) is 25.0 Å². The van der Waals surface area contributed by atoms with Crippen LogP contribution in [0.3, 0.4) is 0 Å². The number of nitrogens with zero attached hydrogens (tertiary/aromatic N) is 6. The average Bonchev–Trinajstić information content (AvgIpc) is 1.59. The van der Waals surface area contributed by atoms with Gasteiger partial charge in [0.05, 0.1) is 33.1 Å². The Balaban J connectivity index is 0.809. The van der Waals surface area contributed by atoms with Gasteiger partial charge in [-0.05, 0) is 170 Å². The fourth-order valence-corrected chi connectivity index (χ4v) is 14.6. The van der Waals surface area contributed by atoms with E-state index in [0.29, 0.717) is 17.6 Å². The van der Waals surface area contributed by atoms with Crippen molar-refractivity contribution in [2.45, 2.75) is 19.3 Å². The zero-order valence-corrected chi connectivity index (χ0v) is 49.6. The average molecular weight is 1150 g/mol. The van der Waals surface area contributed by atoms with Crippen LogP contribution in [0.25, 0.3) is 161 Å². The number of fused-ring (bicyclic) bond motifs is 12. The second-order valence-electron chi connectivity index (χ2n) is 24.4. The summed E-state index contributed by atoms with van der Waals surface area (Å²) in [5.41, 5.74) is 24.7. The van der Waals surface area contributed by atoms with Crippen LogP contribution < -0.4 is 0 Å². The van der Waals surface area contributed by atoms with Gasteiger partial charge in [-0.2, -0.15) is 9.97 Å². The summed E-state index contributed by atoms with van der Waals surface area (Å²) in [6.07, 6.45) is 0. The van der Waals surface area contributed by atoms with Crippen molar-refractivity contribution in [3.63, 3.8) is 0 Å². The zero-order valence-electron chi connectivity index (χ0n) is 49.6. The molecule has 6 nitrogen and oxygen atoms in total. The van der Waals surface area contributed by atoms with Crippen LogP contribution in [0.15, 0.2) is 303 Å². The topological polar surface area (TPSA) is 53.5 Å². The molecule has 0 saturated heterocycles. The van der Waals surface area contributed by atoms with E-state index in [0.717, 1.165) is 94.3 Å². The standard InChI is InChI=1S/C84H56N6/c1-84(2)73-36-16-12-32-65(73)69-51-72-68-35-15-19-39-77(68)90(80(72)52-74(69)84)83-86-81(58-27-20-26-55(44-58)62-46-60(53-22-6-3-7-23-53)45-61(47-62)54-24-8-4-9-25-54)85-82(87-83)59-28-21-31-64(48-59)89-76-38-18-14-34-67(76)71-50-57(41-43-79(71)89)56-40-42-78-70(49-56)66-33-13-17-37-75(66)88(78)63-29-10-5-11-30-63/h3-52H,1-2H3. The van der Waals surface area contributed by atoms with E-state index in [1.165, 1.54) is 60.4 Å². The highest BCUT2D eigenvalue weighted by molar-refractivity contribution is 6.14. The SMILES string of the molecule is CC1(C)c2ccccc2-c2cc3c4ccccc4n(-c4nc(-c5cccc(-c6cc(-c7ccccc7)cc(-c7ccccc7)c6)c5)nc(-c5cccc(-n6c7ccccc7c7cc(-c8ccc9c(c8)c8ccccc8n9-c8ccccc8)ccc76)c5)n4)c3cc21. The molecule has 1 aliphatic carbocycles. The van der Waals surface area contributed by atoms with E-state index in [2.05, 4.69) is 331 Å². The first-order valence-electron chi connectivity index (χ1n) is 30.9. The number of rotatable bonds is 9. The van der Waals surface area contributed by atoms with Gasteiger partial charge in [0.15, 0.2) is 11.6 Å². The molecule has 0 aliphatic heterocycles. The molecule has 90 heavy (non-hydrogen) atoms. The predicted octanol–water partition coefficient (Wildman–Crippen LogP) is 21.5. The number of aromatic nitrogens is 6. The van der Waals surface area contributed by atoms with Crippen LogP contribution in [0.4, 0.5) is 0 Å². The highest BCUT2D eigenvalue weighted by Crippen LogP contribution is 2.51. The quantitative estimate of drug-likeness (QED) is 0.145. The number of hydrogen-bond acceptors (Lipinski definition) is 3. The van der Waals surface area contributed by atoms with Crippen molar-refractivity contribution in [3.8, 4) is 95.7 Å². The lowest BCUT2D eigenvalue weighted by atomic mass is 9.82. The van der Waals surface area contributed by atoms with Gasteiger partial charge in [0.25, 0.3) is 0 Å². The van der Waals surface area contributed by atoms with Crippen LogP contribution in [-0.2, 0) is 5.41 Å². The molecule has 0 saturated carbocycles. The maximum atomic E-state index is 5.59. The van der Waals surface area contributed by atoms with Crippen molar-refractivity contribution < 1.29 is 0 Å². The summed E-state index contributed by atoms with van der Waals surface area (Å²) in [5, 5.41) is 7.12. The molecular formula is C84H56N6. The Morgan fingerprint density at radius 2 is 0.644 bits per heavy atom. The molecule has 1 aliphatic rings. The van der Waals surface area contributed by atoms with Crippen molar-refractivity contribution in [1.82, 2.24) is 28.7 Å². The molecule has 0 unspecified atom stereocenters. The fraction of sp³-hybridized carbons (Fsp3) is 0.0357. The summed E-state index contributed by atoms with van der Waals surface area (Å²) in [7, 11) is 0. The maximum Gasteiger partial charge on any atom is 0.238 e. The summed E-state index contributed by atoms with van der Waals surface area (Å²) in [4.78, 5) is 16.7. The van der Waals surface area contributed by atoms with E-state index < -0.39 is 0 Å². The summed E-state index contributed by atoms with van der Waals surface area (Å²) >= 11 is 0. The highest BCUT2D eigenvalue weighted by atomic mass is 15.2. The molecule has 0 radical (unpaired) electrons. The largest absolute Gasteiger partial charge is 0.309 e. The van der Waals surface area contributed by atoms with Crippen molar-refractivity contribution in [1.29, 1.82) is 0 Å². The first-order chi connectivity index (χ1) is 44.4. The van der Waals surface area contributed by atoms with Gasteiger partial charge in [-0.25, -0.2) is 4.98 Å². The number of benzene rings is 13. The Hall–Kier alpha value is -11.7. The van der Waals surface area contributed by atoms with Gasteiger partial charge in [0, 0.05) is 60.2 Å². The normalized spacial score (nSPS) is 12.6. The van der Waals surface area contributed by atoms with Crippen LogP contribution in [0.5, 0.6) is 0 Å². The minimum atomic E-state index is -0.218. The molecule has 0 N–H and O–H groups in total. The molecule has 18 rings (SSSR count). The van der Waals surface area contributed by atoms with Gasteiger partial charge in [0.2, 0.25) is 5.95 Å². The lowest BCUT2D eigenvalue weighted by molar-refractivity contribution is 0.661. The minimum Gasteiger partial charge on any atom is -0.309 e. The Kier molecular flexibility index (Phi) is 11.5. The summed E-state index contributed by atoms with van der Waals surface area (Å²) in [6.45, 7) is 4.69. The Bertz CT molecular complexity index is 5690. The van der Waals surface area contributed by atoms with Gasteiger partial charge in [-0.3, -0.25) is 4.57 Å². The Labute approximate surface area is 520 Å². The highest BCUT2D eigenvalue weighted by Gasteiger charge is 2.36. The Morgan fingerprint density at radius 1 is 0.233 bits per heavy atom. The first-order valence-corrected chi connectivity index (χ1v) is 30.9.